The second kappa shape index (κ2) is 7.00. The van der Waals surface area contributed by atoms with Gasteiger partial charge in [0, 0.05) is 11.1 Å². The lowest BCUT2D eigenvalue weighted by Crippen LogP contribution is -2.13. The molecule has 0 aliphatic rings. The van der Waals surface area contributed by atoms with Crippen LogP contribution in [0.3, 0.4) is 0 Å². The Hall–Kier alpha value is -1.19. The fourth-order valence-electron chi connectivity index (χ4n) is 2.26. The summed E-state index contributed by atoms with van der Waals surface area (Å²) in [7, 11) is 0. The van der Waals surface area contributed by atoms with Crippen LogP contribution in [0.1, 0.15) is 16.7 Å². The predicted molar refractivity (Wildman–Crippen MR) is 83.3 cm³/mol. The molecule has 20 heavy (non-hydrogen) atoms. The second-order valence-electron chi connectivity index (χ2n) is 5.18. The average molecular weight is 337 g/mol. The van der Waals surface area contributed by atoms with Crippen LogP contribution in [0.4, 0.5) is 4.39 Å². The molecule has 0 bridgehead atoms. The van der Waals surface area contributed by atoms with Crippen molar-refractivity contribution in [3.05, 3.63) is 69.4 Å². The van der Waals surface area contributed by atoms with Gasteiger partial charge in [0.25, 0.3) is 0 Å². The van der Waals surface area contributed by atoms with Crippen molar-refractivity contribution in [2.75, 3.05) is 6.61 Å². The minimum atomic E-state index is -0.221. The molecule has 106 valence electrons. The molecule has 2 rings (SSSR count). The van der Waals surface area contributed by atoms with Gasteiger partial charge in [-0.2, -0.15) is 0 Å². The molecule has 0 saturated heterocycles. The quantitative estimate of drug-likeness (QED) is 0.863. The number of hydrogen-bond donors (Lipinski definition) is 1. The van der Waals surface area contributed by atoms with Crippen LogP contribution in [-0.2, 0) is 12.8 Å². The van der Waals surface area contributed by atoms with Gasteiger partial charge in [-0.1, -0.05) is 51.8 Å². The highest BCUT2D eigenvalue weighted by Crippen LogP contribution is 2.20. The van der Waals surface area contributed by atoms with E-state index in [-0.39, 0.29) is 18.3 Å². The zero-order valence-corrected chi connectivity index (χ0v) is 13.0. The standard InChI is InChI=1S/C17H18BrFO/c1-12-2-4-13(5-3-12)8-14(11-20)9-15-6-7-16(18)10-17(15)19/h2-7,10,14,20H,8-9,11H2,1H3. The molecule has 2 aromatic carbocycles. The van der Waals surface area contributed by atoms with E-state index in [4.69, 9.17) is 0 Å². The van der Waals surface area contributed by atoms with Crippen LogP contribution in [-0.4, -0.2) is 11.7 Å². The third-order valence-corrected chi connectivity index (χ3v) is 3.92. The van der Waals surface area contributed by atoms with Crippen LogP contribution < -0.4 is 0 Å². The van der Waals surface area contributed by atoms with Gasteiger partial charge in [0.1, 0.15) is 5.82 Å². The Morgan fingerprint density at radius 1 is 1.10 bits per heavy atom. The fourth-order valence-corrected chi connectivity index (χ4v) is 2.59. The van der Waals surface area contributed by atoms with Crippen LogP contribution in [0.25, 0.3) is 0 Å². The van der Waals surface area contributed by atoms with Gasteiger partial charge in [0.2, 0.25) is 0 Å². The van der Waals surface area contributed by atoms with E-state index in [0.717, 1.165) is 10.9 Å². The molecule has 0 aliphatic carbocycles. The van der Waals surface area contributed by atoms with Crippen LogP contribution in [0.5, 0.6) is 0 Å². The van der Waals surface area contributed by atoms with Crippen molar-refractivity contribution in [1.29, 1.82) is 0 Å². The zero-order chi connectivity index (χ0) is 14.5. The second-order valence-corrected chi connectivity index (χ2v) is 6.09. The first-order chi connectivity index (χ1) is 9.58. The summed E-state index contributed by atoms with van der Waals surface area (Å²) in [5.41, 5.74) is 3.04. The van der Waals surface area contributed by atoms with Crippen LogP contribution in [0, 0.1) is 18.7 Å². The van der Waals surface area contributed by atoms with Gasteiger partial charge < -0.3 is 5.11 Å². The highest BCUT2D eigenvalue weighted by atomic mass is 79.9. The molecule has 0 amide bonds. The predicted octanol–water partition coefficient (Wildman–Crippen LogP) is 4.29. The van der Waals surface area contributed by atoms with Crippen LogP contribution >= 0.6 is 15.9 Å². The van der Waals surface area contributed by atoms with Gasteiger partial charge in [-0.25, -0.2) is 4.39 Å². The topological polar surface area (TPSA) is 20.2 Å². The number of aliphatic hydroxyl groups is 1. The van der Waals surface area contributed by atoms with Gasteiger partial charge in [-0.05, 0) is 48.9 Å². The molecule has 0 spiro atoms. The number of benzene rings is 2. The van der Waals surface area contributed by atoms with Gasteiger partial charge in [0.15, 0.2) is 0 Å². The van der Waals surface area contributed by atoms with Gasteiger partial charge in [0.05, 0.1) is 0 Å². The van der Waals surface area contributed by atoms with Crippen molar-refractivity contribution in [1.82, 2.24) is 0 Å². The molecular formula is C17H18BrFO. The first-order valence-corrected chi connectivity index (χ1v) is 7.48. The lowest BCUT2D eigenvalue weighted by Gasteiger charge is -2.15. The maximum absolute atomic E-state index is 13.8. The van der Waals surface area contributed by atoms with E-state index < -0.39 is 0 Å². The van der Waals surface area contributed by atoms with E-state index >= 15 is 0 Å². The Morgan fingerprint density at radius 3 is 2.40 bits per heavy atom. The smallest absolute Gasteiger partial charge is 0.127 e. The Balaban J connectivity index is 2.07. The summed E-state index contributed by atoms with van der Waals surface area (Å²) in [6, 6.07) is 13.3. The van der Waals surface area contributed by atoms with E-state index in [1.807, 2.05) is 13.0 Å². The summed E-state index contributed by atoms with van der Waals surface area (Å²) < 4.78 is 14.6. The summed E-state index contributed by atoms with van der Waals surface area (Å²) in [6.45, 7) is 2.11. The molecule has 0 aliphatic heterocycles. The van der Waals surface area contributed by atoms with E-state index in [2.05, 4.69) is 40.2 Å². The SMILES string of the molecule is Cc1ccc(CC(CO)Cc2ccc(Br)cc2F)cc1. The molecule has 3 heteroatoms. The van der Waals surface area contributed by atoms with E-state index in [0.29, 0.717) is 12.0 Å². The number of rotatable bonds is 5. The lowest BCUT2D eigenvalue weighted by atomic mass is 9.93. The summed E-state index contributed by atoms with van der Waals surface area (Å²) in [6.07, 6.45) is 1.30. The third-order valence-electron chi connectivity index (χ3n) is 3.43. The van der Waals surface area contributed by atoms with Gasteiger partial charge in [-0.3, -0.25) is 0 Å². The molecule has 0 aromatic heterocycles. The van der Waals surface area contributed by atoms with Crippen LogP contribution in [0.15, 0.2) is 46.9 Å². The van der Waals surface area contributed by atoms with Crippen molar-refractivity contribution >= 4 is 15.9 Å². The van der Waals surface area contributed by atoms with Crippen LogP contribution in [0.2, 0.25) is 0 Å². The summed E-state index contributed by atoms with van der Waals surface area (Å²) >= 11 is 3.25. The Morgan fingerprint density at radius 2 is 1.80 bits per heavy atom. The molecule has 0 radical (unpaired) electrons. The minimum Gasteiger partial charge on any atom is -0.396 e. The maximum atomic E-state index is 13.8. The summed E-state index contributed by atoms with van der Waals surface area (Å²) in [5, 5.41) is 9.52. The van der Waals surface area contributed by atoms with Crippen molar-refractivity contribution in [2.24, 2.45) is 5.92 Å². The highest BCUT2D eigenvalue weighted by molar-refractivity contribution is 9.10. The largest absolute Gasteiger partial charge is 0.396 e. The average Bonchev–Trinajstić information content (AvgIpc) is 2.43. The number of hydrogen-bond acceptors (Lipinski definition) is 1. The zero-order valence-electron chi connectivity index (χ0n) is 11.4. The maximum Gasteiger partial charge on any atom is 0.127 e. The van der Waals surface area contributed by atoms with Crippen molar-refractivity contribution < 1.29 is 9.50 Å². The molecule has 2 aromatic rings. The van der Waals surface area contributed by atoms with Crippen molar-refractivity contribution in [2.45, 2.75) is 19.8 Å². The normalized spacial score (nSPS) is 12.4. The van der Waals surface area contributed by atoms with Crippen molar-refractivity contribution in [3.8, 4) is 0 Å². The number of halogens is 2. The molecule has 0 saturated carbocycles. The molecule has 0 heterocycles. The van der Waals surface area contributed by atoms with E-state index in [1.165, 1.54) is 17.2 Å². The van der Waals surface area contributed by atoms with E-state index in [9.17, 15) is 9.50 Å². The Kier molecular flexibility index (Phi) is 5.32. The molecule has 1 atom stereocenters. The fraction of sp³-hybridized carbons (Fsp3) is 0.294. The monoisotopic (exact) mass is 336 g/mol. The molecule has 1 unspecified atom stereocenters. The first-order valence-electron chi connectivity index (χ1n) is 6.69. The minimum absolute atomic E-state index is 0.0355. The molecule has 1 N–H and O–H groups in total. The molecular weight excluding hydrogens is 319 g/mol. The van der Waals surface area contributed by atoms with Gasteiger partial charge in [-0.15, -0.1) is 0 Å². The summed E-state index contributed by atoms with van der Waals surface area (Å²) in [5.74, 6) is -0.185. The Bertz CT molecular complexity index is 566. The number of aliphatic hydroxyl groups excluding tert-OH is 1. The first kappa shape index (κ1) is 15.2. The molecule has 1 nitrogen and oxygen atoms in total. The van der Waals surface area contributed by atoms with Crippen molar-refractivity contribution in [3.63, 3.8) is 0 Å². The number of aryl methyl sites for hydroxylation is 1. The Labute approximate surface area is 127 Å². The third kappa shape index (κ3) is 4.15. The summed E-state index contributed by atoms with van der Waals surface area (Å²) in [4.78, 5) is 0. The van der Waals surface area contributed by atoms with E-state index in [1.54, 1.807) is 6.07 Å². The molecule has 0 fully saturated rings. The van der Waals surface area contributed by atoms with Gasteiger partial charge >= 0.3 is 0 Å². The highest BCUT2D eigenvalue weighted by Gasteiger charge is 2.13. The lowest BCUT2D eigenvalue weighted by molar-refractivity contribution is 0.224.